The Bertz CT molecular complexity index is 535. The summed E-state index contributed by atoms with van der Waals surface area (Å²) >= 11 is 0. The third-order valence-electron chi connectivity index (χ3n) is 2.27. The number of aromatic nitrogens is 2. The summed E-state index contributed by atoms with van der Waals surface area (Å²) in [5.74, 6) is 0.267. The van der Waals surface area contributed by atoms with Gasteiger partial charge in [0.25, 0.3) is 0 Å². The summed E-state index contributed by atoms with van der Waals surface area (Å²) in [6, 6.07) is 2.91. The molecular weight excluding hydrogens is 236 g/mol. The summed E-state index contributed by atoms with van der Waals surface area (Å²) in [6.45, 7) is 2.80. The Labute approximate surface area is 103 Å². The number of rotatable bonds is 5. The van der Waals surface area contributed by atoms with E-state index in [2.05, 4.69) is 15.3 Å². The topological polar surface area (TPSA) is 94.1 Å². The molecule has 2 heterocycles. The Balaban J connectivity index is 1.84. The molecule has 0 bridgehead atoms. The molecule has 0 spiro atoms. The first-order valence-electron chi connectivity index (χ1n) is 5.36. The lowest BCUT2D eigenvalue weighted by atomic mass is 10.4. The molecule has 2 aromatic rings. The van der Waals surface area contributed by atoms with Gasteiger partial charge in [-0.1, -0.05) is 0 Å². The summed E-state index contributed by atoms with van der Waals surface area (Å²) < 4.78 is 5.00. The van der Waals surface area contributed by atoms with Crippen molar-refractivity contribution >= 4 is 5.88 Å². The first-order valence-corrected chi connectivity index (χ1v) is 5.36. The van der Waals surface area contributed by atoms with Crippen LogP contribution in [0.3, 0.4) is 0 Å². The molecule has 94 valence electrons. The van der Waals surface area contributed by atoms with E-state index in [-0.39, 0.29) is 5.88 Å². The van der Waals surface area contributed by atoms with E-state index in [1.54, 1.807) is 18.5 Å². The molecule has 0 saturated heterocycles. The van der Waals surface area contributed by atoms with Crippen LogP contribution < -0.4 is 5.32 Å². The average Bonchev–Trinajstić information content (AvgIpc) is 2.81. The number of furan rings is 1. The minimum absolute atomic E-state index is 0.248. The van der Waals surface area contributed by atoms with Crippen molar-refractivity contribution in [2.75, 3.05) is 0 Å². The molecule has 0 radical (unpaired) electrons. The van der Waals surface area contributed by atoms with Crippen molar-refractivity contribution in [3.63, 3.8) is 0 Å². The lowest BCUT2D eigenvalue weighted by Crippen LogP contribution is -2.13. The Hall–Kier alpha value is -2.28. The molecule has 2 aromatic heterocycles. The molecule has 0 saturated carbocycles. The minimum atomic E-state index is -0.561. The van der Waals surface area contributed by atoms with Gasteiger partial charge in [0.05, 0.1) is 24.0 Å². The second-order valence-electron chi connectivity index (χ2n) is 3.75. The van der Waals surface area contributed by atoms with Crippen LogP contribution in [0.4, 0.5) is 5.88 Å². The SMILES string of the molecule is Cc1cnc(CNCc2ccc([N+](=O)[O-])o2)cn1. The van der Waals surface area contributed by atoms with Crippen molar-refractivity contribution in [1.82, 2.24) is 15.3 Å². The van der Waals surface area contributed by atoms with E-state index >= 15 is 0 Å². The first kappa shape index (κ1) is 12.2. The largest absolute Gasteiger partial charge is 0.433 e. The maximum atomic E-state index is 10.4. The van der Waals surface area contributed by atoms with E-state index in [9.17, 15) is 10.1 Å². The van der Waals surface area contributed by atoms with Crippen molar-refractivity contribution in [2.24, 2.45) is 0 Å². The zero-order chi connectivity index (χ0) is 13.0. The lowest BCUT2D eigenvalue weighted by Gasteiger charge is -2.01. The molecule has 7 nitrogen and oxygen atoms in total. The number of nitrogens with one attached hydrogen (secondary N) is 1. The van der Waals surface area contributed by atoms with Gasteiger partial charge in [-0.05, 0) is 13.0 Å². The van der Waals surface area contributed by atoms with E-state index in [0.717, 1.165) is 11.4 Å². The van der Waals surface area contributed by atoms with Gasteiger partial charge < -0.3 is 9.73 Å². The zero-order valence-corrected chi connectivity index (χ0v) is 9.79. The summed E-state index contributed by atoms with van der Waals surface area (Å²) in [5.41, 5.74) is 1.67. The Morgan fingerprint density at radius 3 is 2.78 bits per heavy atom. The smallest absolute Gasteiger partial charge is 0.404 e. The monoisotopic (exact) mass is 248 g/mol. The number of hydrogen-bond acceptors (Lipinski definition) is 6. The molecule has 0 aliphatic heterocycles. The number of hydrogen-bond donors (Lipinski definition) is 1. The summed E-state index contributed by atoms with van der Waals surface area (Å²) in [6.07, 6.45) is 3.38. The van der Waals surface area contributed by atoms with Gasteiger partial charge in [0.1, 0.15) is 10.7 Å². The standard InChI is InChI=1S/C11H12N4O3/c1-8-4-14-9(6-13-8)5-12-7-10-2-3-11(18-10)15(16)17/h2-4,6,12H,5,7H2,1H3. The summed E-state index contributed by atoms with van der Waals surface area (Å²) in [4.78, 5) is 18.1. The fraction of sp³-hybridized carbons (Fsp3) is 0.273. The van der Waals surface area contributed by atoms with Crippen molar-refractivity contribution in [1.29, 1.82) is 0 Å². The van der Waals surface area contributed by atoms with Gasteiger partial charge in [0.2, 0.25) is 0 Å². The molecule has 0 aliphatic carbocycles. The second kappa shape index (κ2) is 5.37. The minimum Gasteiger partial charge on any atom is -0.404 e. The predicted molar refractivity (Wildman–Crippen MR) is 62.7 cm³/mol. The summed E-state index contributed by atoms with van der Waals surface area (Å²) in [7, 11) is 0. The fourth-order valence-corrected chi connectivity index (χ4v) is 1.38. The fourth-order valence-electron chi connectivity index (χ4n) is 1.38. The molecule has 7 heteroatoms. The van der Waals surface area contributed by atoms with Crippen molar-refractivity contribution < 1.29 is 9.34 Å². The van der Waals surface area contributed by atoms with Crippen molar-refractivity contribution in [2.45, 2.75) is 20.0 Å². The van der Waals surface area contributed by atoms with Crippen LogP contribution in [0.15, 0.2) is 28.9 Å². The lowest BCUT2D eigenvalue weighted by molar-refractivity contribution is -0.402. The molecule has 0 unspecified atom stereocenters. The highest BCUT2D eigenvalue weighted by molar-refractivity contribution is 5.17. The highest BCUT2D eigenvalue weighted by atomic mass is 16.6. The van der Waals surface area contributed by atoms with Gasteiger partial charge in [-0.15, -0.1) is 0 Å². The molecule has 18 heavy (non-hydrogen) atoms. The molecule has 0 aliphatic rings. The summed E-state index contributed by atoms with van der Waals surface area (Å²) in [5, 5.41) is 13.5. The van der Waals surface area contributed by atoms with Gasteiger partial charge in [0, 0.05) is 18.9 Å². The number of nitrogens with zero attached hydrogens (tertiary/aromatic N) is 3. The first-order chi connectivity index (χ1) is 8.65. The molecule has 0 fully saturated rings. The van der Waals surface area contributed by atoms with Crippen LogP contribution in [0, 0.1) is 17.0 Å². The Morgan fingerprint density at radius 2 is 2.17 bits per heavy atom. The third-order valence-corrected chi connectivity index (χ3v) is 2.27. The highest BCUT2D eigenvalue weighted by Crippen LogP contribution is 2.15. The van der Waals surface area contributed by atoms with Crippen LogP contribution >= 0.6 is 0 Å². The van der Waals surface area contributed by atoms with E-state index < -0.39 is 4.92 Å². The van der Waals surface area contributed by atoms with Crippen LogP contribution in [0.1, 0.15) is 17.1 Å². The van der Waals surface area contributed by atoms with Crippen molar-refractivity contribution in [3.8, 4) is 0 Å². The molecule has 0 amide bonds. The Morgan fingerprint density at radius 1 is 1.33 bits per heavy atom. The normalized spacial score (nSPS) is 10.5. The van der Waals surface area contributed by atoms with E-state index in [0.29, 0.717) is 18.8 Å². The highest BCUT2D eigenvalue weighted by Gasteiger charge is 2.11. The van der Waals surface area contributed by atoms with E-state index in [4.69, 9.17) is 4.42 Å². The third kappa shape index (κ3) is 3.11. The second-order valence-corrected chi connectivity index (χ2v) is 3.75. The molecular formula is C11H12N4O3. The predicted octanol–water partition coefficient (Wildman–Crippen LogP) is 1.58. The van der Waals surface area contributed by atoms with Gasteiger partial charge >= 0.3 is 5.88 Å². The van der Waals surface area contributed by atoms with Gasteiger partial charge in [-0.2, -0.15) is 0 Å². The van der Waals surface area contributed by atoms with E-state index in [1.807, 2.05) is 6.92 Å². The molecule has 0 atom stereocenters. The van der Waals surface area contributed by atoms with Crippen LogP contribution in [-0.2, 0) is 13.1 Å². The maximum absolute atomic E-state index is 10.4. The zero-order valence-electron chi connectivity index (χ0n) is 9.79. The van der Waals surface area contributed by atoms with Crippen LogP contribution in [-0.4, -0.2) is 14.9 Å². The quantitative estimate of drug-likeness (QED) is 0.637. The van der Waals surface area contributed by atoms with Gasteiger partial charge in [0.15, 0.2) is 0 Å². The number of aryl methyl sites for hydroxylation is 1. The Kier molecular flexibility index (Phi) is 3.63. The van der Waals surface area contributed by atoms with Gasteiger partial charge in [-0.25, -0.2) is 0 Å². The van der Waals surface area contributed by atoms with E-state index in [1.165, 1.54) is 6.07 Å². The van der Waals surface area contributed by atoms with Gasteiger partial charge in [-0.3, -0.25) is 20.1 Å². The molecule has 1 N–H and O–H groups in total. The van der Waals surface area contributed by atoms with Crippen LogP contribution in [0.2, 0.25) is 0 Å². The van der Waals surface area contributed by atoms with Crippen LogP contribution in [0.5, 0.6) is 0 Å². The molecule has 0 aromatic carbocycles. The molecule has 2 rings (SSSR count). The van der Waals surface area contributed by atoms with Crippen LogP contribution in [0.25, 0.3) is 0 Å². The van der Waals surface area contributed by atoms with Crippen molar-refractivity contribution in [3.05, 3.63) is 51.8 Å². The maximum Gasteiger partial charge on any atom is 0.433 e. The number of nitro groups is 1. The average molecular weight is 248 g/mol.